The third kappa shape index (κ3) is 1.30. The van der Waals surface area contributed by atoms with Gasteiger partial charge in [0.25, 0.3) is 0 Å². The maximum atomic E-state index is 5.76. The molecule has 1 atom stereocenters. The predicted molar refractivity (Wildman–Crippen MR) is 41.0 cm³/mol. The third-order valence-corrected chi connectivity index (χ3v) is 1.68. The van der Waals surface area contributed by atoms with E-state index in [0.29, 0.717) is 11.7 Å². The minimum Gasteiger partial charge on any atom is -0.328 e. The lowest BCUT2D eigenvalue weighted by molar-refractivity contribution is 0.501. The number of hydrogen-bond donors (Lipinski definition) is 1. The van der Waals surface area contributed by atoms with E-state index >= 15 is 0 Å². The summed E-state index contributed by atoms with van der Waals surface area (Å²) >= 11 is 5.76. The smallest absolute Gasteiger partial charge is 0.127 e. The average molecular weight is 160 g/mol. The molecule has 10 heavy (non-hydrogen) atoms. The van der Waals surface area contributed by atoms with E-state index in [1.54, 1.807) is 16.9 Å². The quantitative estimate of drug-likeness (QED) is 0.701. The van der Waals surface area contributed by atoms with Gasteiger partial charge in [-0.15, -0.1) is 0 Å². The lowest BCUT2D eigenvalue weighted by Gasteiger charge is -2.09. The number of rotatable bonds is 2. The van der Waals surface area contributed by atoms with Crippen molar-refractivity contribution in [3.8, 4) is 0 Å². The summed E-state index contributed by atoms with van der Waals surface area (Å²) in [5.41, 5.74) is 5.41. The maximum absolute atomic E-state index is 5.76. The van der Waals surface area contributed by atoms with Crippen molar-refractivity contribution in [2.45, 2.75) is 13.0 Å². The summed E-state index contributed by atoms with van der Waals surface area (Å²) in [7, 11) is 0. The zero-order valence-electron chi connectivity index (χ0n) is 5.79. The Balaban J connectivity index is 2.82. The van der Waals surface area contributed by atoms with Crippen molar-refractivity contribution in [3.63, 3.8) is 0 Å². The van der Waals surface area contributed by atoms with E-state index in [9.17, 15) is 0 Å². The lowest BCUT2D eigenvalue weighted by Crippen LogP contribution is -2.16. The first-order valence-corrected chi connectivity index (χ1v) is 3.52. The van der Waals surface area contributed by atoms with E-state index in [1.165, 1.54) is 0 Å². The molecule has 0 aliphatic rings. The summed E-state index contributed by atoms with van der Waals surface area (Å²) in [6, 6.07) is 1.93. The highest BCUT2D eigenvalue weighted by Crippen LogP contribution is 2.11. The molecule has 0 radical (unpaired) electrons. The van der Waals surface area contributed by atoms with Crippen molar-refractivity contribution in [2.24, 2.45) is 5.73 Å². The van der Waals surface area contributed by atoms with Crippen LogP contribution in [0.3, 0.4) is 0 Å². The van der Waals surface area contributed by atoms with Crippen LogP contribution in [0.4, 0.5) is 0 Å². The number of halogens is 1. The van der Waals surface area contributed by atoms with Gasteiger partial charge in [-0.25, -0.2) is 4.68 Å². The topological polar surface area (TPSA) is 43.8 Å². The molecule has 0 saturated heterocycles. The van der Waals surface area contributed by atoms with Crippen LogP contribution in [0.15, 0.2) is 12.3 Å². The molecule has 1 aromatic heterocycles. The van der Waals surface area contributed by atoms with Crippen LogP contribution >= 0.6 is 11.6 Å². The summed E-state index contributed by atoms with van der Waals surface area (Å²) in [5, 5.41) is 4.63. The summed E-state index contributed by atoms with van der Waals surface area (Å²) in [4.78, 5) is 0. The molecule has 1 aromatic rings. The summed E-state index contributed by atoms with van der Waals surface area (Å²) in [6.45, 7) is 2.53. The molecule has 4 heteroatoms. The van der Waals surface area contributed by atoms with E-state index in [-0.39, 0.29) is 6.04 Å². The van der Waals surface area contributed by atoms with Crippen LogP contribution in [0, 0.1) is 0 Å². The van der Waals surface area contributed by atoms with Crippen LogP contribution in [-0.2, 0) is 0 Å². The maximum Gasteiger partial charge on any atom is 0.127 e. The Labute approximate surface area is 64.8 Å². The standard InChI is InChI=1S/C6H10ClN3/c1-5(4-8)10-6(7)2-3-9-10/h2-3,5H,4,8H2,1H3. The Morgan fingerprint density at radius 2 is 2.60 bits per heavy atom. The van der Waals surface area contributed by atoms with Gasteiger partial charge in [-0.1, -0.05) is 11.6 Å². The van der Waals surface area contributed by atoms with Gasteiger partial charge in [0.1, 0.15) is 5.15 Å². The van der Waals surface area contributed by atoms with Gasteiger partial charge in [-0.2, -0.15) is 5.10 Å². The van der Waals surface area contributed by atoms with Crippen LogP contribution in [0.2, 0.25) is 5.15 Å². The fourth-order valence-electron chi connectivity index (χ4n) is 0.722. The van der Waals surface area contributed by atoms with Gasteiger partial charge in [-0.05, 0) is 13.0 Å². The monoisotopic (exact) mass is 159 g/mol. The fourth-order valence-corrected chi connectivity index (χ4v) is 0.989. The van der Waals surface area contributed by atoms with E-state index < -0.39 is 0 Å². The highest BCUT2D eigenvalue weighted by atomic mass is 35.5. The van der Waals surface area contributed by atoms with Gasteiger partial charge in [0, 0.05) is 6.54 Å². The first-order chi connectivity index (χ1) is 4.75. The van der Waals surface area contributed by atoms with Gasteiger partial charge in [-0.3, -0.25) is 0 Å². The van der Waals surface area contributed by atoms with Crippen LogP contribution in [0.1, 0.15) is 13.0 Å². The third-order valence-electron chi connectivity index (χ3n) is 1.38. The van der Waals surface area contributed by atoms with Crippen LogP contribution in [0.5, 0.6) is 0 Å². The fraction of sp³-hybridized carbons (Fsp3) is 0.500. The first kappa shape index (κ1) is 7.57. The minimum absolute atomic E-state index is 0.183. The van der Waals surface area contributed by atoms with Crippen molar-refractivity contribution in [2.75, 3.05) is 6.54 Å². The van der Waals surface area contributed by atoms with Crippen LogP contribution < -0.4 is 5.73 Å². The number of hydrogen-bond acceptors (Lipinski definition) is 2. The molecule has 1 heterocycles. The van der Waals surface area contributed by atoms with E-state index in [1.807, 2.05) is 6.92 Å². The molecular weight excluding hydrogens is 150 g/mol. The van der Waals surface area contributed by atoms with Gasteiger partial charge < -0.3 is 5.73 Å². The highest BCUT2D eigenvalue weighted by Gasteiger charge is 2.04. The van der Waals surface area contributed by atoms with Crippen molar-refractivity contribution in [1.82, 2.24) is 9.78 Å². The Kier molecular flexibility index (Phi) is 2.29. The second-order valence-corrected chi connectivity index (χ2v) is 2.57. The molecule has 0 aliphatic heterocycles. The zero-order chi connectivity index (χ0) is 7.56. The highest BCUT2D eigenvalue weighted by molar-refractivity contribution is 6.29. The molecule has 0 aromatic carbocycles. The molecule has 0 bridgehead atoms. The predicted octanol–water partition coefficient (Wildman–Crippen LogP) is 1.06. The van der Waals surface area contributed by atoms with Crippen LogP contribution in [-0.4, -0.2) is 16.3 Å². The first-order valence-electron chi connectivity index (χ1n) is 3.14. The molecular formula is C6H10ClN3. The largest absolute Gasteiger partial charge is 0.328 e. The molecule has 0 amide bonds. The second kappa shape index (κ2) is 3.03. The Hall–Kier alpha value is -0.540. The molecule has 1 unspecified atom stereocenters. The molecule has 0 aliphatic carbocycles. The molecule has 1 rings (SSSR count). The molecule has 0 spiro atoms. The second-order valence-electron chi connectivity index (χ2n) is 2.18. The van der Waals surface area contributed by atoms with Gasteiger partial charge in [0.05, 0.1) is 12.2 Å². The Morgan fingerprint density at radius 3 is 3.00 bits per heavy atom. The number of nitrogens with zero attached hydrogens (tertiary/aromatic N) is 2. The molecule has 2 N–H and O–H groups in total. The SMILES string of the molecule is CC(CN)n1nccc1Cl. The average Bonchev–Trinajstić information content (AvgIpc) is 2.34. The number of aromatic nitrogens is 2. The summed E-state index contributed by atoms with van der Waals surface area (Å²) in [6.07, 6.45) is 1.66. The van der Waals surface area contributed by atoms with E-state index in [4.69, 9.17) is 17.3 Å². The molecule has 3 nitrogen and oxygen atoms in total. The van der Waals surface area contributed by atoms with Crippen molar-refractivity contribution in [3.05, 3.63) is 17.4 Å². The van der Waals surface area contributed by atoms with E-state index in [0.717, 1.165) is 0 Å². The zero-order valence-corrected chi connectivity index (χ0v) is 6.54. The van der Waals surface area contributed by atoms with E-state index in [2.05, 4.69) is 5.10 Å². The van der Waals surface area contributed by atoms with Gasteiger partial charge in [0.15, 0.2) is 0 Å². The van der Waals surface area contributed by atoms with Gasteiger partial charge >= 0.3 is 0 Å². The minimum atomic E-state index is 0.183. The molecule has 56 valence electrons. The summed E-state index contributed by atoms with van der Waals surface area (Å²) < 4.78 is 1.70. The molecule has 0 saturated carbocycles. The van der Waals surface area contributed by atoms with Crippen molar-refractivity contribution < 1.29 is 0 Å². The normalized spacial score (nSPS) is 13.5. The van der Waals surface area contributed by atoms with Gasteiger partial charge in [0.2, 0.25) is 0 Å². The Morgan fingerprint density at radius 1 is 1.90 bits per heavy atom. The summed E-state index contributed by atoms with van der Waals surface area (Å²) in [5.74, 6) is 0. The number of nitrogens with two attached hydrogens (primary N) is 1. The molecule has 0 fully saturated rings. The lowest BCUT2D eigenvalue weighted by atomic mass is 10.3. The van der Waals surface area contributed by atoms with Crippen LogP contribution in [0.25, 0.3) is 0 Å². The van der Waals surface area contributed by atoms with Crippen molar-refractivity contribution in [1.29, 1.82) is 0 Å². The van der Waals surface area contributed by atoms with Crippen molar-refractivity contribution >= 4 is 11.6 Å². The Bertz CT molecular complexity index is 209.